The first-order chi connectivity index (χ1) is 10.3. The third-order valence-electron chi connectivity index (χ3n) is 3.90. The molecule has 2 aromatic rings. The van der Waals surface area contributed by atoms with Crippen molar-refractivity contribution in [1.82, 2.24) is 0 Å². The number of aryl methyl sites for hydroxylation is 1. The summed E-state index contributed by atoms with van der Waals surface area (Å²) in [5, 5.41) is 0. The van der Waals surface area contributed by atoms with Gasteiger partial charge in [-0.2, -0.15) is 0 Å². The number of benzene rings is 2. The largest absolute Gasteiger partial charge is 0.497 e. The molecule has 0 aliphatic heterocycles. The lowest BCUT2D eigenvalue weighted by molar-refractivity contribution is 0.103. The molecule has 2 aromatic carbocycles. The lowest BCUT2D eigenvalue weighted by Crippen LogP contribution is -2.03. The Kier molecular flexibility index (Phi) is 3.87. The fourth-order valence-electron chi connectivity index (χ4n) is 2.75. The summed E-state index contributed by atoms with van der Waals surface area (Å²) >= 11 is 0. The maximum absolute atomic E-state index is 12.7. The summed E-state index contributed by atoms with van der Waals surface area (Å²) in [5.41, 5.74) is 3.96. The molecule has 0 amide bonds. The van der Waals surface area contributed by atoms with E-state index in [0.717, 1.165) is 41.7 Å². The van der Waals surface area contributed by atoms with Gasteiger partial charge in [-0.05, 0) is 48.6 Å². The number of ether oxygens (including phenoxy) is 1. The Morgan fingerprint density at radius 1 is 1.00 bits per heavy atom. The zero-order chi connectivity index (χ0) is 14.7. The first-order valence-electron chi connectivity index (χ1n) is 7.25. The molecule has 0 bridgehead atoms. The number of allylic oxidation sites excluding steroid dienone is 1. The van der Waals surface area contributed by atoms with Crippen LogP contribution in [-0.4, -0.2) is 12.9 Å². The molecule has 0 atom stereocenters. The molecule has 0 radical (unpaired) electrons. The van der Waals surface area contributed by atoms with Crippen LogP contribution in [0.3, 0.4) is 0 Å². The molecule has 0 N–H and O–H groups in total. The van der Waals surface area contributed by atoms with E-state index in [1.54, 1.807) is 7.11 Å². The number of fused-ring (bicyclic) bond motifs is 1. The Hall–Kier alpha value is -2.35. The van der Waals surface area contributed by atoms with Crippen molar-refractivity contribution in [2.45, 2.75) is 19.3 Å². The zero-order valence-electron chi connectivity index (χ0n) is 12.1. The molecule has 0 fully saturated rings. The average Bonchev–Trinajstić information content (AvgIpc) is 2.69. The second-order valence-electron chi connectivity index (χ2n) is 5.28. The fourth-order valence-corrected chi connectivity index (χ4v) is 2.75. The van der Waals surface area contributed by atoms with Crippen molar-refractivity contribution >= 4 is 11.9 Å². The van der Waals surface area contributed by atoms with Gasteiger partial charge in [0.25, 0.3) is 0 Å². The Balaban J connectivity index is 1.94. The van der Waals surface area contributed by atoms with Gasteiger partial charge in [0.15, 0.2) is 5.78 Å². The van der Waals surface area contributed by atoms with Crippen LogP contribution >= 0.6 is 0 Å². The predicted molar refractivity (Wildman–Crippen MR) is 84.7 cm³/mol. The van der Waals surface area contributed by atoms with Crippen molar-refractivity contribution in [3.05, 3.63) is 70.8 Å². The van der Waals surface area contributed by atoms with Crippen LogP contribution < -0.4 is 4.74 Å². The van der Waals surface area contributed by atoms with E-state index >= 15 is 0 Å². The number of carbonyl (C=O) groups is 1. The maximum atomic E-state index is 12.7. The first-order valence-corrected chi connectivity index (χ1v) is 7.25. The quantitative estimate of drug-likeness (QED) is 0.605. The Morgan fingerprint density at radius 2 is 1.76 bits per heavy atom. The van der Waals surface area contributed by atoms with E-state index in [2.05, 4.69) is 6.07 Å². The van der Waals surface area contributed by atoms with E-state index in [1.165, 1.54) is 5.56 Å². The third-order valence-corrected chi connectivity index (χ3v) is 3.90. The van der Waals surface area contributed by atoms with Crippen LogP contribution in [0.25, 0.3) is 6.08 Å². The van der Waals surface area contributed by atoms with Gasteiger partial charge in [0.2, 0.25) is 0 Å². The molecule has 2 heteroatoms. The average molecular weight is 278 g/mol. The van der Waals surface area contributed by atoms with Gasteiger partial charge in [0.05, 0.1) is 7.11 Å². The van der Waals surface area contributed by atoms with Gasteiger partial charge in [0, 0.05) is 11.1 Å². The summed E-state index contributed by atoms with van der Waals surface area (Å²) in [5.74, 6) is 0.994. The van der Waals surface area contributed by atoms with E-state index in [0.29, 0.717) is 0 Å². The monoisotopic (exact) mass is 278 g/mol. The SMILES string of the molecule is COc1ccc(/C=C2/CCCc3ccccc3C2=O)cc1. The lowest BCUT2D eigenvalue weighted by atomic mass is 9.98. The molecule has 0 aromatic heterocycles. The molecule has 0 saturated heterocycles. The Labute approximate surface area is 125 Å². The van der Waals surface area contributed by atoms with Gasteiger partial charge in [-0.1, -0.05) is 36.4 Å². The maximum Gasteiger partial charge on any atom is 0.189 e. The van der Waals surface area contributed by atoms with Gasteiger partial charge in [-0.3, -0.25) is 4.79 Å². The van der Waals surface area contributed by atoms with Crippen LogP contribution in [0.15, 0.2) is 54.1 Å². The van der Waals surface area contributed by atoms with Gasteiger partial charge in [-0.25, -0.2) is 0 Å². The molecule has 3 rings (SSSR count). The van der Waals surface area contributed by atoms with Crippen molar-refractivity contribution in [2.24, 2.45) is 0 Å². The fraction of sp³-hybridized carbons (Fsp3) is 0.211. The van der Waals surface area contributed by atoms with Crippen LogP contribution in [0.4, 0.5) is 0 Å². The van der Waals surface area contributed by atoms with Crippen molar-refractivity contribution in [3.8, 4) is 5.75 Å². The molecule has 0 spiro atoms. The van der Waals surface area contributed by atoms with Gasteiger partial charge in [-0.15, -0.1) is 0 Å². The first kappa shape index (κ1) is 13.6. The number of Topliss-reactive ketones (excluding diaryl/α,β-unsaturated/α-hetero) is 1. The highest BCUT2D eigenvalue weighted by molar-refractivity contribution is 6.12. The van der Waals surface area contributed by atoms with Crippen molar-refractivity contribution in [2.75, 3.05) is 7.11 Å². The van der Waals surface area contributed by atoms with E-state index in [-0.39, 0.29) is 5.78 Å². The Bertz CT molecular complexity index is 681. The predicted octanol–water partition coefficient (Wildman–Crippen LogP) is 4.30. The lowest BCUT2D eigenvalue weighted by Gasteiger charge is -2.05. The van der Waals surface area contributed by atoms with E-state index < -0.39 is 0 Å². The number of methoxy groups -OCH3 is 1. The van der Waals surface area contributed by atoms with Crippen LogP contribution in [0.1, 0.15) is 34.3 Å². The summed E-state index contributed by atoms with van der Waals surface area (Å²) in [6, 6.07) is 15.7. The molecule has 0 saturated carbocycles. The van der Waals surface area contributed by atoms with Gasteiger partial charge in [0.1, 0.15) is 5.75 Å². The van der Waals surface area contributed by atoms with Crippen LogP contribution in [-0.2, 0) is 6.42 Å². The highest BCUT2D eigenvalue weighted by Gasteiger charge is 2.19. The molecule has 1 aliphatic rings. The molecule has 2 nitrogen and oxygen atoms in total. The Morgan fingerprint density at radius 3 is 2.52 bits per heavy atom. The second-order valence-corrected chi connectivity index (χ2v) is 5.28. The highest BCUT2D eigenvalue weighted by Crippen LogP contribution is 2.26. The van der Waals surface area contributed by atoms with E-state index in [9.17, 15) is 4.79 Å². The minimum Gasteiger partial charge on any atom is -0.497 e. The van der Waals surface area contributed by atoms with Gasteiger partial charge >= 0.3 is 0 Å². The topological polar surface area (TPSA) is 26.3 Å². The van der Waals surface area contributed by atoms with E-state index in [4.69, 9.17) is 4.74 Å². The second kappa shape index (κ2) is 5.96. The minimum atomic E-state index is 0.166. The number of rotatable bonds is 2. The molecular weight excluding hydrogens is 260 g/mol. The molecule has 106 valence electrons. The summed E-state index contributed by atoms with van der Waals surface area (Å²) < 4.78 is 5.16. The summed E-state index contributed by atoms with van der Waals surface area (Å²) in [4.78, 5) is 12.7. The summed E-state index contributed by atoms with van der Waals surface area (Å²) in [7, 11) is 1.65. The standard InChI is InChI=1S/C19H18O2/c1-21-17-11-9-14(10-12-17)13-16-7-4-6-15-5-2-3-8-18(15)19(16)20/h2-3,5,8-13H,4,6-7H2,1H3/b16-13-. The minimum absolute atomic E-state index is 0.166. The molecule has 0 heterocycles. The molecular formula is C19H18O2. The van der Waals surface area contributed by atoms with E-state index in [1.807, 2.05) is 48.5 Å². The summed E-state index contributed by atoms with van der Waals surface area (Å²) in [6.07, 6.45) is 4.83. The zero-order valence-corrected chi connectivity index (χ0v) is 12.1. The molecule has 1 aliphatic carbocycles. The molecule has 21 heavy (non-hydrogen) atoms. The van der Waals surface area contributed by atoms with Crippen molar-refractivity contribution in [3.63, 3.8) is 0 Å². The number of hydrogen-bond donors (Lipinski definition) is 0. The smallest absolute Gasteiger partial charge is 0.189 e. The summed E-state index contributed by atoms with van der Waals surface area (Å²) in [6.45, 7) is 0. The van der Waals surface area contributed by atoms with Crippen LogP contribution in [0, 0.1) is 0 Å². The number of hydrogen-bond acceptors (Lipinski definition) is 2. The van der Waals surface area contributed by atoms with Crippen LogP contribution in [0.2, 0.25) is 0 Å². The third kappa shape index (κ3) is 2.89. The highest BCUT2D eigenvalue weighted by atomic mass is 16.5. The van der Waals surface area contributed by atoms with Crippen molar-refractivity contribution in [1.29, 1.82) is 0 Å². The molecule has 0 unspecified atom stereocenters. The number of ketones is 1. The number of carbonyl (C=O) groups excluding carboxylic acids is 1. The normalized spacial score (nSPS) is 16.4. The van der Waals surface area contributed by atoms with Crippen molar-refractivity contribution < 1.29 is 9.53 Å². The van der Waals surface area contributed by atoms with Gasteiger partial charge < -0.3 is 4.74 Å². The van der Waals surface area contributed by atoms with Crippen LogP contribution in [0.5, 0.6) is 5.75 Å².